The van der Waals surface area contributed by atoms with Gasteiger partial charge in [0.25, 0.3) is 5.43 Å². The van der Waals surface area contributed by atoms with Crippen molar-refractivity contribution >= 4 is 11.7 Å². The van der Waals surface area contributed by atoms with E-state index in [0.717, 1.165) is 12.3 Å². The van der Waals surface area contributed by atoms with Crippen LogP contribution in [0.25, 0.3) is 0 Å². The lowest BCUT2D eigenvalue weighted by atomic mass is 10.2. The van der Waals surface area contributed by atoms with Crippen molar-refractivity contribution in [2.75, 3.05) is 0 Å². The molecule has 92 valence electrons. The van der Waals surface area contributed by atoms with E-state index >= 15 is 0 Å². The zero-order chi connectivity index (χ0) is 13.0. The van der Waals surface area contributed by atoms with Gasteiger partial charge in [0.15, 0.2) is 0 Å². The Kier molecular flexibility index (Phi) is 3.94. The molecule has 0 radical (unpaired) electrons. The third kappa shape index (κ3) is 3.68. The fraction of sp³-hybridized carbons (Fsp3) is 0.333. The molecule has 2 N–H and O–H groups in total. The monoisotopic (exact) mass is 242 g/mol. The summed E-state index contributed by atoms with van der Waals surface area (Å²) in [6, 6.07) is 0.992. The van der Waals surface area contributed by atoms with Crippen molar-refractivity contribution in [3.63, 3.8) is 0 Å². The van der Waals surface area contributed by atoms with Gasteiger partial charge in [-0.25, -0.2) is 0 Å². The van der Waals surface area contributed by atoms with E-state index < -0.39 is 34.5 Å². The van der Waals surface area contributed by atoms with Gasteiger partial charge in [-0.15, -0.1) is 0 Å². The average molecular weight is 242 g/mol. The third-order valence-corrected chi connectivity index (χ3v) is 1.99. The number of hydrogen-bond acceptors (Lipinski definition) is 5. The van der Waals surface area contributed by atoms with E-state index in [0.29, 0.717) is 0 Å². The van der Waals surface area contributed by atoms with E-state index in [2.05, 4.69) is 0 Å². The summed E-state index contributed by atoms with van der Waals surface area (Å²) in [6.07, 6.45) is 0.572. The summed E-state index contributed by atoms with van der Waals surface area (Å²) in [6.45, 7) is -0.132. The van der Waals surface area contributed by atoms with Crippen molar-refractivity contribution < 1.29 is 19.9 Å². The second kappa shape index (κ2) is 5.21. The van der Waals surface area contributed by atoms with Crippen molar-refractivity contribution in [1.29, 1.82) is 0 Å². The van der Waals surface area contributed by atoms with Crippen LogP contribution >= 0.6 is 0 Å². The SMILES string of the molecule is O=C(O)CC(O)Cn1ccc(=O)c([N+](=O)[O-])c1. The van der Waals surface area contributed by atoms with Crippen LogP contribution < -0.4 is 5.43 Å². The summed E-state index contributed by atoms with van der Waals surface area (Å²) in [5.74, 6) is -1.17. The molecule has 0 spiro atoms. The van der Waals surface area contributed by atoms with Gasteiger partial charge in [-0.2, -0.15) is 0 Å². The molecule has 8 nitrogen and oxygen atoms in total. The standard InChI is InChI=1S/C9H10N2O6/c12-6(3-9(14)15)4-10-2-1-8(13)7(5-10)11(16)17/h1-2,5-6,12H,3-4H2,(H,14,15). The number of nitro groups is 1. The molecule has 1 aromatic rings. The van der Waals surface area contributed by atoms with E-state index in [-0.39, 0.29) is 6.54 Å². The number of hydrogen-bond donors (Lipinski definition) is 2. The molecule has 0 aliphatic heterocycles. The minimum Gasteiger partial charge on any atom is -0.481 e. The molecular formula is C9H10N2O6. The number of carboxylic acid groups (broad SMARTS) is 1. The quantitative estimate of drug-likeness (QED) is 0.534. The fourth-order valence-electron chi connectivity index (χ4n) is 1.27. The lowest BCUT2D eigenvalue weighted by molar-refractivity contribution is -0.386. The third-order valence-electron chi connectivity index (χ3n) is 1.99. The normalized spacial score (nSPS) is 12.1. The van der Waals surface area contributed by atoms with E-state index in [9.17, 15) is 24.8 Å². The molecule has 0 amide bonds. The van der Waals surface area contributed by atoms with Gasteiger partial charge in [0.2, 0.25) is 0 Å². The number of pyridine rings is 1. The summed E-state index contributed by atoms with van der Waals surface area (Å²) < 4.78 is 1.20. The van der Waals surface area contributed by atoms with Crippen LogP contribution in [0.3, 0.4) is 0 Å². The molecule has 1 unspecified atom stereocenters. The molecule has 0 fully saturated rings. The Morgan fingerprint density at radius 3 is 2.76 bits per heavy atom. The summed E-state index contributed by atoms with van der Waals surface area (Å²) in [5.41, 5.74) is -1.35. The number of carboxylic acids is 1. The van der Waals surface area contributed by atoms with Crippen molar-refractivity contribution in [2.24, 2.45) is 0 Å². The molecule has 0 aromatic carbocycles. The summed E-state index contributed by atoms with van der Waals surface area (Å²) >= 11 is 0. The number of nitrogens with zero attached hydrogens (tertiary/aromatic N) is 2. The maximum Gasteiger partial charge on any atom is 0.332 e. The lowest BCUT2D eigenvalue weighted by Crippen LogP contribution is -2.21. The van der Waals surface area contributed by atoms with E-state index in [4.69, 9.17) is 5.11 Å². The van der Waals surface area contributed by atoms with Crippen LogP contribution in [-0.2, 0) is 11.3 Å². The molecule has 1 aromatic heterocycles. The van der Waals surface area contributed by atoms with Crippen LogP contribution in [0.4, 0.5) is 5.69 Å². The molecular weight excluding hydrogens is 232 g/mol. The predicted molar refractivity (Wildman–Crippen MR) is 55.6 cm³/mol. The largest absolute Gasteiger partial charge is 0.481 e. The summed E-state index contributed by atoms with van der Waals surface area (Å²) in [4.78, 5) is 31.0. The molecule has 17 heavy (non-hydrogen) atoms. The summed E-state index contributed by atoms with van der Waals surface area (Å²) in [7, 11) is 0. The first kappa shape index (κ1) is 12.8. The predicted octanol–water partition coefficient (Wildman–Crippen LogP) is -0.408. The highest BCUT2D eigenvalue weighted by molar-refractivity contribution is 5.67. The van der Waals surface area contributed by atoms with Crippen molar-refractivity contribution in [2.45, 2.75) is 19.1 Å². The fourth-order valence-corrected chi connectivity index (χ4v) is 1.27. The molecule has 0 aliphatic carbocycles. The number of aliphatic hydroxyl groups excluding tert-OH is 1. The topological polar surface area (TPSA) is 123 Å². The number of rotatable bonds is 5. The molecule has 1 rings (SSSR count). The lowest BCUT2D eigenvalue weighted by Gasteiger charge is -2.10. The van der Waals surface area contributed by atoms with Gasteiger partial charge in [-0.3, -0.25) is 19.7 Å². The maximum atomic E-state index is 11.1. The smallest absolute Gasteiger partial charge is 0.332 e. The Morgan fingerprint density at radius 2 is 2.24 bits per heavy atom. The van der Waals surface area contributed by atoms with Gasteiger partial charge >= 0.3 is 11.7 Å². The van der Waals surface area contributed by atoms with E-state index in [1.807, 2.05) is 0 Å². The molecule has 0 saturated carbocycles. The minimum absolute atomic E-state index is 0.132. The van der Waals surface area contributed by atoms with Crippen LogP contribution in [0.2, 0.25) is 0 Å². The van der Waals surface area contributed by atoms with Gasteiger partial charge in [0, 0.05) is 18.8 Å². The molecule has 1 heterocycles. The second-order valence-electron chi connectivity index (χ2n) is 3.40. The number of aliphatic carboxylic acids is 1. The van der Waals surface area contributed by atoms with Crippen LogP contribution in [0, 0.1) is 10.1 Å². The molecule has 0 aliphatic rings. The first-order valence-electron chi connectivity index (χ1n) is 4.64. The second-order valence-corrected chi connectivity index (χ2v) is 3.40. The van der Waals surface area contributed by atoms with Gasteiger partial charge in [0.1, 0.15) is 0 Å². The molecule has 0 saturated heterocycles. The number of carbonyl (C=O) groups is 1. The molecule has 0 bridgehead atoms. The van der Waals surface area contributed by atoms with Crippen LogP contribution in [0.15, 0.2) is 23.3 Å². The van der Waals surface area contributed by atoms with Crippen LogP contribution in [0.1, 0.15) is 6.42 Å². The van der Waals surface area contributed by atoms with Crippen molar-refractivity contribution in [1.82, 2.24) is 4.57 Å². The Labute approximate surface area is 94.9 Å². The van der Waals surface area contributed by atoms with Crippen molar-refractivity contribution in [3.05, 3.63) is 38.8 Å². The van der Waals surface area contributed by atoms with Gasteiger partial charge in [-0.1, -0.05) is 0 Å². The highest BCUT2D eigenvalue weighted by atomic mass is 16.6. The number of aromatic nitrogens is 1. The van der Waals surface area contributed by atoms with Gasteiger partial charge in [0.05, 0.1) is 23.6 Å². The van der Waals surface area contributed by atoms with Crippen molar-refractivity contribution in [3.8, 4) is 0 Å². The van der Waals surface area contributed by atoms with Crippen LogP contribution in [0.5, 0.6) is 0 Å². The average Bonchev–Trinajstić information content (AvgIpc) is 2.19. The molecule has 8 heteroatoms. The maximum absolute atomic E-state index is 11.1. The van der Waals surface area contributed by atoms with E-state index in [1.54, 1.807) is 0 Å². The Balaban J connectivity index is 2.86. The highest BCUT2D eigenvalue weighted by Crippen LogP contribution is 2.04. The number of aliphatic hydroxyl groups is 1. The van der Waals surface area contributed by atoms with Crippen LogP contribution in [-0.4, -0.2) is 31.8 Å². The zero-order valence-corrected chi connectivity index (χ0v) is 8.65. The van der Waals surface area contributed by atoms with Gasteiger partial charge < -0.3 is 14.8 Å². The first-order chi connectivity index (χ1) is 7.90. The Bertz CT molecular complexity index is 495. The highest BCUT2D eigenvalue weighted by Gasteiger charge is 2.14. The van der Waals surface area contributed by atoms with E-state index in [1.165, 1.54) is 10.8 Å². The first-order valence-corrected chi connectivity index (χ1v) is 4.64. The minimum atomic E-state index is -1.17. The zero-order valence-electron chi connectivity index (χ0n) is 8.65. The van der Waals surface area contributed by atoms with Gasteiger partial charge in [-0.05, 0) is 0 Å². The Hall–Kier alpha value is -2.22. The Morgan fingerprint density at radius 1 is 1.59 bits per heavy atom. The summed E-state index contributed by atoms with van der Waals surface area (Å²) in [5, 5.41) is 28.2. The molecule has 1 atom stereocenters.